The molecule has 8 aromatic carbocycles. The van der Waals surface area contributed by atoms with Gasteiger partial charge in [-0.15, -0.1) is 0 Å². The van der Waals surface area contributed by atoms with E-state index in [2.05, 4.69) is 138 Å². The van der Waals surface area contributed by atoms with Gasteiger partial charge in [0, 0.05) is 16.7 Å². The minimum atomic E-state index is -0.569. The van der Waals surface area contributed by atoms with E-state index in [-0.39, 0.29) is 0 Å². The van der Waals surface area contributed by atoms with Gasteiger partial charge in [-0.05, 0) is 72.5 Å². The van der Waals surface area contributed by atoms with E-state index in [0.717, 1.165) is 55.3 Å². The molecule has 11 rings (SSSR count). The molecule has 2 aliphatic rings. The van der Waals surface area contributed by atoms with Crippen LogP contribution in [0.1, 0.15) is 22.3 Å². The van der Waals surface area contributed by atoms with Gasteiger partial charge in [0.2, 0.25) is 0 Å². The highest BCUT2D eigenvalue weighted by Crippen LogP contribution is 2.65. The lowest BCUT2D eigenvalue weighted by Gasteiger charge is -2.30. The minimum absolute atomic E-state index is 0.569. The Morgan fingerprint density at radius 1 is 0.364 bits per heavy atom. The van der Waals surface area contributed by atoms with Crippen LogP contribution in [-0.4, -0.2) is 15.0 Å². The predicted molar refractivity (Wildman–Crippen MR) is 222 cm³/mol. The summed E-state index contributed by atoms with van der Waals surface area (Å²) in [5.41, 5.74) is 14.2. The van der Waals surface area contributed by atoms with Crippen molar-refractivity contribution < 1.29 is 0 Å². The molecule has 0 fully saturated rings. The van der Waals surface area contributed by atoms with E-state index in [1.54, 1.807) is 0 Å². The highest BCUT2D eigenvalue weighted by molar-refractivity contribution is 6.05. The molecule has 1 aromatic heterocycles. The third-order valence-corrected chi connectivity index (χ3v) is 11.4. The summed E-state index contributed by atoms with van der Waals surface area (Å²) in [6.07, 6.45) is 0. The van der Waals surface area contributed by atoms with Gasteiger partial charge in [-0.25, -0.2) is 19.8 Å². The molecule has 0 atom stereocenters. The van der Waals surface area contributed by atoms with Crippen LogP contribution in [0.25, 0.3) is 83.2 Å². The zero-order valence-electron chi connectivity index (χ0n) is 29.6. The van der Waals surface area contributed by atoms with Gasteiger partial charge in [-0.1, -0.05) is 176 Å². The lowest BCUT2D eigenvalue weighted by atomic mass is 9.70. The number of fused-ring (bicyclic) bond motifs is 11. The molecule has 254 valence electrons. The lowest BCUT2D eigenvalue weighted by Crippen LogP contribution is -2.25. The zero-order valence-corrected chi connectivity index (χ0v) is 29.6. The Bertz CT molecular complexity index is 3020. The molecule has 1 heterocycles. The van der Waals surface area contributed by atoms with Crippen molar-refractivity contribution in [3.63, 3.8) is 0 Å². The average molecular weight is 699 g/mol. The van der Waals surface area contributed by atoms with Crippen molar-refractivity contribution in [1.82, 2.24) is 15.0 Å². The van der Waals surface area contributed by atoms with E-state index in [0.29, 0.717) is 23.2 Å². The summed E-state index contributed by atoms with van der Waals surface area (Å²) >= 11 is 0. The van der Waals surface area contributed by atoms with Gasteiger partial charge in [0.1, 0.15) is 0 Å². The standard InChI is InChI=1S/C51H30N4/c1-52-45-28-14-27-44-47(45)46-39(23-13-26-43(46)51(44)41-24-11-9-20-37(41)38-21-10-12-25-42(38)51)36-19-7-8-22-40(36)50-54-48(33-16-3-2-4-17-33)53-49(55-50)35-30-29-32-15-5-6-18-34(32)31-35/h2-31H. The Morgan fingerprint density at radius 3 is 1.62 bits per heavy atom. The van der Waals surface area contributed by atoms with Crippen molar-refractivity contribution in [2.75, 3.05) is 0 Å². The van der Waals surface area contributed by atoms with E-state index in [9.17, 15) is 0 Å². The number of aromatic nitrogens is 3. The maximum Gasteiger partial charge on any atom is 0.195 e. The monoisotopic (exact) mass is 698 g/mol. The maximum absolute atomic E-state index is 8.41. The van der Waals surface area contributed by atoms with Gasteiger partial charge < -0.3 is 0 Å². The first kappa shape index (κ1) is 31.1. The second kappa shape index (κ2) is 12.0. The number of hydrogen-bond donors (Lipinski definition) is 0. The van der Waals surface area contributed by atoms with Gasteiger partial charge in [0.05, 0.1) is 12.0 Å². The van der Waals surface area contributed by atoms with E-state index in [4.69, 9.17) is 21.5 Å². The normalized spacial score (nSPS) is 12.9. The predicted octanol–water partition coefficient (Wildman–Crippen LogP) is 12.6. The first-order valence-electron chi connectivity index (χ1n) is 18.5. The first-order valence-corrected chi connectivity index (χ1v) is 18.5. The summed E-state index contributed by atoms with van der Waals surface area (Å²) in [5.74, 6) is 1.82. The summed E-state index contributed by atoms with van der Waals surface area (Å²) in [6, 6.07) is 63.6. The van der Waals surface area contributed by atoms with E-state index in [1.807, 2.05) is 48.5 Å². The molecule has 55 heavy (non-hydrogen) atoms. The van der Waals surface area contributed by atoms with Gasteiger partial charge in [-0.2, -0.15) is 0 Å². The van der Waals surface area contributed by atoms with Gasteiger partial charge in [0.25, 0.3) is 0 Å². The Kier molecular flexibility index (Phi) is 6.80. The molecule has 0 aliphatic heterocycles. The van der Waals surface area contributed by atoms with Crippen molar-refractivity contribution in [3.05, 3.63) is 216 Å². The number of nitrogens with zero attached hydrogens (tertiary/aromatic N) is 4. The van der Waals surface area contributed by atoms with Crippen molar-refractivity contribution in [1.29, 1.82) is 0 Å². The molecule has 9 aromatic rings. The van der Waals surface area contributed by atoms with E-state index < -0.39 is 5.41 Å². The molecular formula is C51H30N4. The molecule has 0 saturated heterocycles. The summed E-state index contributed by atoms with van der Waals surface area (Å²) in [5, 5.41) is 2.29. The third kappa shape index (κ3) is 4.48. The molecule has 2 aliphatic carbocycles. The summed E-state index contributed by atoms with van der Waals surface area (Å²) in [4.78, 5) is 19.6. The fraction of sp³-hybridized carbons (Fsp3) is 0.0196. The Labute approximate surface area is 318 Å². The Balaban J connectivity index is 1.19. The molecule has 4 nitrogen and oxygen atoms in total. The molecule has 1 spiro atoms. The fourth-order valence-corrected chi connectivity index (χ4v) is 9.11. The molecule has 4 heteroatoms. The van der Waals surface area contributed by atoms with Crippen LogP contribution in [0.4, 0.5) is 5.69 Å². The maximum atomic E-state index is 8.41. The average Bonchev–Trinajstić information content (AvgIpc) is 3.74. The zero-order chi connectivity index (χ0) is 36.5. The van der Waals surface area contributed by atoms with Gasteiger partial charge >= 0.3 is 0 Å². The molecule has 0 N–H and O–H groups in total. The molecule has 0 amide bonds. The van der Waals surface area contributed by atoms with Crippen LogP contribution in [0.2, 0.25) is 0 Å². The number of benzene rings is 8. The van der Waals surface area contributed by atoms with E-state index in [1.165, 1.54) is 27.8 Å². The summed E-state index contributed by atoms with van der Waals surface area (Å²) in [7, 11) is 0. The van der Waals surface area contributed by atoms with Crippen LogP contribution in [0.15, 0.2) is 182 Å². The molecule has 0 unspecified atom stereocenters. The van der Waals surface area contributed by atoms with Crippen molar-refractivity contribution >= 4 is 16.5 Å². The smallest absolute Gasteiger partial charge is 0.195 e. The topological polar surface area (TPSA) is 43.0 Å². The first-order chi connectivity index (χ1) is 27.2. The fourth-order valence-electron chi connectivity index (χ4n) is 9.11. The minimum Gasteiger partial charge on any atom is -0.238 e. The van der Waals surface area contributed by atoms with Crippen LogP contribution >= 0.6 is 0 Å². The lowest BCUT2D eigenvalue weighted by molar-refractivity contribution is 0.794. The van der Waals surface area contributed by atoms with Crippen molar-refractivity contribution in [3.8, 4) is 67.5 Å². The second-order valence-electron chi connectivity index (χ2n) is 14.2. The van der Waals surface area contributed by atoms with Crippen LogP contribution in [0.3, 0.4) is 0 Å². The van der Waals surface area contributed by atoms with Crippen molar-refractivity contribution in [2.24, 2.45) is 0 Å². The second-order valence-corrected chi connectivity index (χ2v) is 14.2. The largest absolute Gasteiger partial charge is 0.238 e. The van der Waals surface area contributed by atoms with Gasteiger partial charge in [0.15, 0.2) is 23.2 Å². The molecular weight excluding hydrogens is 669 g/mol. The summed E-state index contributed by atoms with van der Waals surface area (Å²) < 4.78 is 0. The van der Waals surface area contributed by atoms with Crippen LogP contribution < -0.4 is 0 Å². The highest BCUT2D eigenvalue weighted by atomic mass is 15.0. The molecule has 0 saturated carbocycles. The van der Waals surface area contributed by atoms with E-state index >= 15 is 0 Å². The molecule has 0 radical (unpaired) electrons. The van der Waals surface area contributed by atoms with Crippen molar-refractivity contribution in [2.45, 2.75) is 5.41 Å². The Morgan fingerprint density at radius 2 is 0.891 bits per heavy atom. The quantitative estimate of drug-likeness (QED) is 0.172. The Hall–Kier alpha value is -7.48. The number of hydrogen-bond acceptors (Lipinski definition) is 3. The SMILES string of the molecule is [C-]#[N+]c1cccc2c1-c1c(-c3ccccc3-c3nc(-c4ccccc4)nc(-c4ccc5ccccc5c4)n3)cccc1C21c2ccccc2-c2ccccc21. The van der Waals surface area contributed by atoms with Gasteiger partial charge in [-0.3, -0.25) is 0 Å². The highest BCUT2D eigenvalue weighted by Gasteiger charge is 2.52. The third-order valence-electron chi connectivity index (χ3n) is 11.4. The van der Waals surface area contributed by atoms with Crippen LogP contribution in [0, 0.1) is 6.57 Å². The van der Waals surface area contributed by atoms with Crippen LogP contribution in [0.5, 0.6) is 0 Å². The number of rotatable bonds is 4. The molecule has 0 bridgehead atoms. The summed E-state index contributed by atoms with van der Waals surface area (Å²) in [6.45, 7) is 8.41. The van der Waals surface area contributed by atoms with Crippen LogP contribution in [-0.2, 0) is 5.41 Å².